The van der Waals surface area contributed by atoms with Crippen LogP contribution in [0.4, 0.5) is 0 Å². The predicted molar refractivity (Wildman–Crippen MR) is 56.2 cm³/mol. The summed E-state index contributed by atoms with van der Waals surface area (Å²) in [6, 6.07) is 2.22. The summed E-state index contributed by atoms with van der Waals surface area (Å²) in [7, 11) is 0. The van der Waals surface area contributed by atoms with Crippen molar-refractivity contribution in [3.8, 4) is 0 Å². The minimum absolute atomic E-state index is 0.226. The van der Waals surface area contributed by atoms with Crippen LogP contribution < -0.4 is 0 Å². The Bertz CT molecular complexity index is 267. The standard InChI is InChI=1S/C11H16OS/c1-2-9(12)11-7-8-5-3-4-6-10(8)13-11/h7,9,12H,2-6H2,1H3. The Labute approximate surface area is 83.4 Å². The lowest BCUT2D eigenvalue weighted by Crippen LogP contribution is -1.96. The molecule has 1 aromatic rings. The molecule has 0 fully saturated rings. The second-order valence-corrected chi connectivity index (χ2v) is 4.90. The van der Waals surface area contributed by atoms with Crippen LogP contribution in [0.2, 0.25) is 0 Å². The van der Waals surface area contributed by atoms with Gasteiger partial charge in [-0.25, -0.2) is 0 Å². The van der Waals surface area contributed by atoms with Crippen molar-refractivity contribution < 1.29 is 5.11 Å². The van der Waals surface area contributed by atoms with Gasteiger partial charge in [0.1, 0.15) is 0 Å². The molecule has 0 spiro atoms. The Morgan fingerprint density at radius 3 is 2.92 bits per heavy atom. The first-order chi connectivity index (χ1) is 6.31. The lowest BCUT2D eigenvalue weighted by Gasteiger charge is -2.08. The predicted octanol–water partition coefficient (Wildman–Crippen LogP) is 3.07. The first-order valence-corrected chi connectivity index (χ1v) is 5.92. The van der Waals surface area contributed by atoms with Crippen LogP contribution in [0.1, 0.15) is 47.6 Å². The van der Waals surface area contributed by atoms with E-state index in [9.17, 15) is 5.11 Å². The SMILES string of the molecule is CCC(O)c1cc2c(s1)CCCC2. The third kappa shape index (κ3) is 1.79. The van der Waals surface area contributed by atoms with E-state index < -0.39 is 0 Å². The van der Waals surface area contributed by atoms with Crippen LogP contribution in [0.25, 0.3) is 0 Å². The van der Waals surface area contributed by atoms with E-state index in [2.05, 4.69) is 6.07 Å². The van der Waals surface area contributed by atoms with Gasteiger partial charge in [-0.05, 0) is 43.7 Å². The molecule has 1 aliphatic carbocycles. The number of hydrogen-bond acceptors (Lipinski definition) is 2. The topological polar surface area (TPSA) is 20.2 Å². The Morgan fingerprint density at radius 1 is 1.46 bits per heavy atom. The Hall–Kier alpha value is -0.340. The minimum atomic E-state index is -0.226. The van der Waals surface area contributed by atoms with Gasteiger partial charge in [0.05, 0.1) is 6.10 Å². The van der Waals surface area contributed by atoms with Gasteiger partial charge in [0.15, 0.2) is 0 Å². The maximum atomic E-state index is 9.69. The molecule has 1 heterocycles. The molecule has 1 aliphatic rings. The molecule has 0 saturated heterocycles. The number of aliphatic hydroxyl groups excluding tert-OH is 1. The summed E-state index contributed by atoms with van der Waals surface area (Å²) < 4.78 is 0. The highest BCUT2D eigenvalue weighted by atomic mass is 32.1. The van der Waals surface area contributed by atoms with Crippen LogP contribution in [0, 0.1) is 0 Å². The van der Waals surface area contributed by atoms with E-state index in [1.165, 1.54) is 41.0 Å². The number of fused-ring (bicyclic) bond motifs is 1. The zero-order chi connectivity index (χ0) is 9.26. The van der Waals surface area contributed by atoms with Crippen molar-refractivity contribution >= 4 is 11.3 Å². The van der Waals surface area contributed by atoms with Crippen molar-refractivity contribution in [3.05, 3.63) is 21.4 Å². The smallest absolute Gasteiger partial charge is 0.0879 e. The quantitative estimate of drug-likeness (QED) is 0.770. The van der Waals surface area contributed by atoms with Gasteiger partial charge in [-0.1, -0.05) is 6.92 Å². The van der Waals surface area contributed by atoms with Crippen LogP contribution in [-0.2, 0) is 12.8 Å². The average Bonchev–Trinajstić information content (AvgIpc) is 2.59. The monoisotopic (exact) mass is 196 g/mol. The highest BCUT2D eigenvalue weighted by molar-refractivity contribution is 7.12. The van der Waals surface area contributed by atoms with E-state index in [0.29, 0.717) is 0 Å². The molecular weight excluding hydrogens is 180 g/mol. The fourth-order valence-electron chi connectivity index (χ4n) is 1.88. The van der Waals surface area contributed by atoms with Gasteiger partial charge in [0, 0.05) is 9.75 Å². The van der Waals surface area contributed by atoms with Crippen LogP contribution in [0.15, 0.2) is 6.07 Å². The Kier molecular flexibility index (Phi) is 2.70. The molecule has 1 aromatic heterocycles. The lowest BCUT2D eigenvalue weighted by atomic mass is 9.99. The summed E-state index contributed by atoms with van der Waals surface area (Å²) in [5, 5.41) is 9.69. The Morgan fingerprint density at radius 2 is 2.23 bits per heavy atom. The summed E-state index contributed by atoms with van der Waals surface area (Å²) >= 11 is 1.82. The largest absolute Gasteiger partial charge is 0.388 e. The molecule has 0 aromatic carbocycles. The van der Waals surface area contributed by atoms with Gasteiger partial charge in [0.25, 0.3) is 0 Å². The van der Waals surface area contributed by atoms with Gasteiger partial charge in [-0.15, -0.1) is 11.3 Å². The van der Waals surface area contributed by atoms with Crippen LogP contribution in [0.3, 0.4) is 0 Å². The molecule has 1 unspecified atom stereocenters. The second-order valence-electron chi connectivity index (χ2n) is 3.73. The van der Waals surface area contributed by atoms with Gasteiger partial charge >= 0.3 is 0 Å². The van der Waals surface area contributed by atoms with Crippen molar-refractivity contribution in [1.82, 2.24) is 0 Å². The van der Waals surface area contributed by atoms with E-state index in [1.807, 2.05) is 18.3 Å². The van der Waals surface area contributed by atoms with Crippen molar-refractivity contribution in [1.29, 1.82) is 0 Å². The van der Waals surface area contributed by atoms with Crippen molar-refractivity contribution in [2.75, 3.05) is 0 Å². The first kappa shape index (κ1) is 9.22. The molecule has 0 aliphatic heterocycles. The molecule has 72 valence electrons. The van der Waals surface area contributed by atoms with Crippen LogP contribution in [-0.4, -0.2) is 5.11 Å². The van der Waals surface area contributed by atoms with Gasteiger partial charge < -0.3 is 5.11 Å². The maximum Gasteiger partial charge on any atom is 0.0879 e. The number of aryl methyl sites for hydroxylation is 2. The number of hydrogen-bond donors (Lipinski definition) is 1. The van der Waals surface area contributed by atoms with Crippen LogP contribution in [0.5, 0.6) is 0 Å². The average molecular weight is 196 g/mol. The van der Waals surface area contributed by atoms with Gasteiger partial charge in [-0.2, -0.15) is 0 Å². The molecule has 1 nitrogen and oxygen atoms in total. The lowest BCUT2D eigenvalue weighted by molar-refractivity contribution is 0.177. The summed E-state index contributed by atoms with van der Waals surface area (Å²) in [5.74, 6) is 0. The van der Waals surface area contributed by atoms with Crippen molar-refractivity contribution in [3.63, 3.8) is 0 Å². The summed E-state index contributed by atoms with van der Waals surface area (Å²) in [6.07, 6.45) is 5.72. The summed E-state index contributed by atoms with van der Waals surface area (Å²) in [6.45, 7) is 2.03. The highest BCUT2D eigenvalue weighted by Crippen LogP contribution is 2.33. The van der Waals surface area contributed by atoms with E-state index >= 15 is 0 Å². The van der Waals surface area contributed by atoms with Crippen LogP contribution >= 0.6 is 11.3 Å². The van der Waals surface area contributed by atoms with Crippen molar-refractivity contribution in [2.24, 2.45) is 0 Å². The fraction of sp³-hybridized carbons (Fsp3) is 0.636. The zero-order valence-corrected chi connectivity index (χ0v) is 8.86. The molecule has 2 rings (SSSR count). The van der Waals surface area contributed by atoms with Crippen molar-refractivity contribution in [2.45, 2.75) is 45.1 Å². The Balaban J connectivity index is 2.25. The maximum absolute atomic E-state index is 9.69. The number of aliphatic hydroxyl groups is 1. The minimum Gasteiger partial charge on any atom is -0.388 e. The van der Waals surface area contributed by atoms with Gasteiger partial charge in [0.2, 0.25) is 0 Å². The van der Waals surface area contributed by atoms with E-state index in [1.54, 1.807) is 0 Å². The fourth-order valence-corrected chi connectivity index (χ4v) is 3.21. The summed E-state index contributed by atoms with van der Waals surface area (Å²) in [5.41, 5.74) is 1.50. The molecule has 1 N–H and O–H groups in total. The van der Waals surface area contributed by atoms with E-state index in [4.69, 9.17) is 0 Å². The molecule has 0 saturated carbocycles. The normalized spacial score (nSPS) is 18.3. The third-order valence-corrected chi connectivity index (χ3v) is 4.07. The summed E-state index contributed by atoms with van der Waals surface area (Å²) in [4.78, 5) is 2.70. The second kappa shape index (κ2) is 3.81. The number of rotatable bonds is 2. The molecule has 0 radical (unpaired) electrons. The molecule has 2 heteroatoms. The molecule has 0 amide bonds. The van der Waals surface area contributed by atoms with Gasteiger partial charge in [-0.3, -0.25) is 0 Å². The zero-order valence-electron chi connectivity index (χ0n) is 8.05. The van der Waals surface area contributed by atoms with E-state index in [-0.39, 0.29) is 6.10 Å². The highest BCUT2D eigenvalue weighted by Gasteiger charge is 2.16. The molecule has 13 heavy (non-hydrogen) atoms. The number of thiophene rings is 1. The molecular formula is C11H16OS. The van der Waals surface area contributed by atoms with E-state index in [0.717, 1.165) is 6.42 Å². The molecule has 0 bridgehead atoms. The third-order valence-electron chi connectivity index (χ3n) is 2.73. The first-order valence-electron chi connectivity index (χ1n) is 5.10. The molecule has 1 atom stereocenters.